The van der Waals surface area contributed by atoms with Crippen molar-refractivity contribution in [2.24, 2.45) is 0 Å². The Hall–Kier alpha value is -2.31. The van der Waals surface area contributed by atoms with E-state index in [1.807, 2.05) is 48.2 Å². The Balaban J connectivity index is 1.50. The molecular weight excluding hydrogens is 382 g/mol. The second-order valence-corrected chi connectivity index (χ2v) is 7.13. The van der Waals surface area contributed by atoms with Gasteiger partial charge in [0.15, 0.2) is 5.11 Å². The number of benzene rings is 2. The van der Waals surface area contributed by atoms with Gasteiger partial charge in [-0.05, 0) is 55.4 Å². The van der Waals surface area contributed by atoms with E-state index in [0.717, 1.165) is 29.9 Å². The van der Waals surface area contributed by atoms with Crippen LogP contribution in [0.3, 0.4) is 0 Å². The number of amides is 1. The van der Waals surface area contributed by atoms with Gasteiger partial charge >= 0.3 is 0 Å². The third-order valence-corrected chi connectivity index (χ3v) is 4.87. The molecule has 5 nitrogen and oxygen atoms in total. The maximum atomic E-state index is 12.0. The summed E-state index contributed by atoms with van der Waals surface area (Å²) in [7, 11) is 0. The number of hydrogen-bond acceptors (Lipinski definition) is 3. The van der Waals surface area contributed by atoms with Crippen molar-refractivity contribution in [2.45, 2.75) is 19.8 Å². The molecule has 0 aliphatic carbocycles. The summed E-state index contributed by atoms with van der Waals surface area (Å²) in [5.74, 6) is 0.825. The first-order valence-electron chi connectivity index (χ1n) is 8.88. The summed E-state index contributed by atoms with van der Waals surface area (Å²) < 4.78 is 5.63. The Kier molecular flexibility index (Phi) is 6.53. The minimum Gasteiger partial charge on any atom is -0.490 e. The Morgan fingerprint density at radius 3 is 2.85 bits per heavy atom. The van der Waals surface area contributed by atoms with Gasteiger partial charge in [0.05, 0.1) is 11.6 Å². The number of carbonyl (C=O) groups is 1. The molecule has 1 aliphatic rings. The maximum absolute atomic E-state index is 12.0. The van der Waals surface area contributed by atoms with Gasteiger partial charge in [0.2, 0.25) is 5.91 Å². The molecule has 1 saturated heterocycles. The van der Waals surface area contributed by atoms with Crippen molar-refractivity contribution in [3.8, 4) is 5.75 Å². The number of nitrogens with one attached hydrogen (secondary N) is 2. The number of halogens is 1. The van der Waals surface area contributed by atoms with Gasteiger partial charge in [0.25, 0.3) is 0 Å². The molecule has 0 bridgehead atoms. The molecule has 0 unspecified atom stereocenters. The predicted octanol–water partition coefficient (Wildman–Crippen LogP) is 4.14. The molecule has 0 atom stereocenters. The van der Waals surface area contributed by atoms with E-state index in [4.69, 9.17) is 28.6 Å². The van der Waals surface area contributed by atoms with Crippen LogP contribution in [0.2, 0.25) is 5.02 Å². The topological polar surface area (TPSA) is 53.6 Å². The second-order valence-electron chi connectivity index (χ2n) is 6.31. The van der Waals surface area contributed by atoms with Crippen molar-refractivity contribution in [1.82, 2.24) is 5.32 Å². The van der Waals surface area contributed by atoms with Crippen LogP contribution >= 0.6 is 23.8 Å². The summed E-state index contributed by atoms with van der Waals surface area (Å²) in [5, 5.41) is 7.35. The van der Waals surface area contributed by atoms with Gasteiger partial charge in [0.1, 0.15) is 12.4 Å². The van der Waals surface area contributed by atoms with Crippen LogP contribution in [0.1, 0.15) is 18.4 Å². The molecule has 2 aromatic rings. The molecule has 7 heteroatoms. The van der Waals surface area contributed by atoms with Crippen LogP contribution in [0.4, 0.5) is 11.4 Å². The molecule has 0 spiro atoms. The standard InChI is InChI=1S/C20H22ClN3O2S/c1-14-8-9-15(13-17(14)24-11-4-7-19(24)25)23-20(27)22-10-12-26-18-6-3-2-5-16(18)21/h2-3,5-6,8-9,13H,4,7,10-12H2,1H3,(H2,22,23,27). The minimum atomic E-state index is 0.174. The second kappa shape index (κ2) is 9.06. The largest absolute Gasteiger partial charge is 0.490 e. The average molecular weight is 404 g/mol. The van der Waals surface area contributed by atoms with E-state index in [1.165, 1.54) is 0 Å². The molecule has 1 aliphatic heterocycles. The summed E-state index contributed by atoms with van der Waals surface area (Å²) >= 11 is 11.4. The lowest BCUT2D eigenvalue weighted by Crippen LogP contribution is -2.32. The lowest BCUT2D eigenvalue weighted by molar-refractivity contribution is -0.117. The molecule has 2 aromatic carbocycles. The van der Waals surface area contributed by atoms with Crippen molar-refractivity contribution in [2.75, 3.05) is 29.9 Å². The highest BCUT2D eigenvalue weighted by molar-refractivity contribution is 7.80. The van der Waals surface area contributed by atoms with Crippen molar-refractivity contribution in [3.05, 3.63) is 53.1 Å². The zero-order valence-electron chi connectivity index (χ0n) is 15.1. The van der Waals surface area contributed by atoms with Crippen LogP contribution < -0.4 is 20.3 Å². The van der Waals surface area contributed by atoms with Gasteiger partial charge in [-0.2, -0.15) is 0 Å². The number of hydrogen-bond donors (Lipinski definition) is 2. The van der Waals surface area contributed by atoms with Gasteiger partial charge in [-0.3, -0.25) is 4.79 Å². The fourth-order valence-electron chi connectivity index (χ4n) is 2.94. The summed E-state index contributed by atoms with van der Waals surface area (Å²) in [5.41, 5.74) is 2.86. The Morgan fingerprint density at radius 2 is 2.11 bits per heavy atom. The van der Waals surface area contributed by atoms with E-state index in [1.54, 1.807) is 6.07 Å². The van der Waals surface area contributed by atoms with Crippen molar-refractivity contribution >= 4 is 46.2 Å². The number of anilines is 2. The molecule has 27 heavy (non-hydrogen) atoms. The zero-order chi connectivity index (χ0) is 19.2. The summed E-state index contributed by atoms with van der Waals surface area (Å²) in [6.45, 7) is 3.76. The van der Waals surface area contributed by atoms with Crippen LogP contribution in [0, 0.1) is 6.92 Å². The predicted molar refractivity (Wildman–Crippen MR) is 114 cm³/mol. The Bertz CT molecular complexity index is 844. The summed E-state index contributed by atoms with van der Waals surface area (Å²) in [6, 6.07) is 13.3. The van der Waals surface area contributed by atoms with E-state index in [9.17, 15) is 4.79 Å². The molecule has 1 fully saturated rings. The lowest BCUT2D eigenvalue weighted by atomic mass is 10.1. The summed E-state index contributed by atoms with van der Waals surface area (Å²) in [6.07, 6.45) is 1.52. The molecule has 0 aromatic heterocycles. The first-order chi connectivity index (χ1) is 13.0. The minimum absolute atomic E-state index is 0.174. The number of ether oxygens (including phenoxy) is 1. The molecule has 2 N–H and O–H groups in total. The Morgan fingerprint density at radius 1 is 1.30 bits per heavy atom. The van der Waals surface area contributed by atoms with E-state index >= 15 is 0 Å². The van der Waals surface area contributed by atoms with Gasteiger partial charge in [-0.25, -0.2) is 0 Å². The highest BCUT2D eigenvalue weighted by atomic mass is 35.5. The molecule has 3 rings (SSSR count). The fraction of sp³-hybridized carbons (Fsp3) is 0.300. The lowest BCUT2D eigenvalue weighted by Gasteiger charge is -2.20. The molecule has 1 heterocycles. The van der Waals surface area contributed by atoms with Crippen LogP contribution in [-0.4, -0.2) is 30.7 Å². The van der Waals surface area contributed by atoms with E-state index in [-0.39, 0.29) is 5.91 Å². The molecule has 1 amide bonds. The molecule has 142 valence electrons. The third kappa shape index (κ3) is 5.11. The highest BCUT2D eigenvalue weighted by Crippen LogP contribution is 2.28. The van der Waals surface area contributed by atoms with Gasteiger partial charge in [-0.15, -0.1) is 0 Å². The van der Waals surface area contributed by atoms with Crippen LogP contribution in [-0.2, 0) is 4.79 Å². The molecule has 0 radical (unpaired) electrons. The van der Waals surface area contributed by atoms with Gasteiger partial charge in [0, 0.05) is 24.3 Å². The van der Waals surface area contributed by atoms with Crippen molar-refractivity contribution in [1.29, 1.82) is 0 Å². The number of para-hydroxylation sites is 1. The Labute approximate surface area is 169 Å². The average Bonchev–Trinajstić information content (AvgIpc) is 3.07. The van der Waals surface area contributed by atoms with E-state index < -0.39 is 0 Å². The normalized spacial score (nSPS) is 13.6. The van der Waals surface area contributed by atoms with Crippen molar-refractivity contribution < 1.29 is 9.53 Å². The molecular formula is C20H22ClN3O2S. The fourth-order valence-corrected chi connectivity index (χ4v) is 3.35. The zero-order valence-corrected chi connectivity index (χ0v) is 16.7. The van der Waals surface area contributed by atoms with Gasteiger partial charge in [-0.1, -0.05) is 29.8 Å². The third-order valence-electron chi connectivity index (χ3n) is 4.31. The first kappa shape index (κ1) is 19.5. The quantitative estimate of drug-likeness (QED) is 0.560. The van der Waals surface area contributed by atoms with Crippen LogP contribution in [0.15, 0.2) is 42.5 Å². The molecule has 0 saturated carbocycles. The van der Waals surface area contributed by atoms with Crippen molar-refractivity contribution in [3.63, 3.8) is 0 Å². The SMILES string of the molecule is Cc1ccc(NC(=S)NCCOc2ccccc2Cl)cc1N1CCCC1=O. The van der Waals surface area contributed by atoms with E-state index in [0.29, 0.717) is 35.5 Å². The number of rotatable bonds is 6. The monoisotopic (exact) mass is 403 g/mol. The van der Waals surface area contributed by atoms with E-state index in [2.05, 4.69) is 10.6 Å². The number of nitrogens with zero attached hydrogens (tertiary/aromatic N) is 1. The van der Waals surface area contributed by atoms with Crippen LogP contribution in [0.5, 0.6) is 5.75 Å². The number of aryl methyl sites for hydroxylation is 1. The first-order valence-corrected chi connectivity index (χ1v) is 9.66. The summed E-state index contributed by atoms with van der Waals surface area (Å²) in [4.78, 5) is 13.9. The number of thiocarbonyl (C=S) groups is 1. The highest BCUT2D eigenvalue weighted by Gasteiger charge is 2.23. The van der Waals surface area contributed by atoms with Gasteiger partial charge < -0.3 is 20.3 Å². The number of carbonyl (C=O) groups excluding carboxylic acids is 1. The maximum Gasteiger partial charge on any atom is 0.227 e. The van der Waals surface area contributed by atoms with Crippen LogP contribution in [0.25, 0.3) is 0 Å². The smallest absolute Gasteiger partial charge is 0.227 e.